The van der Waals surface area contributed by atoms with Gasteiger partial charge in [0.05, 0.1) is 0 Å². The lowest BCUT2D eigenvalue weighted by molar-refractivity contribution is -0.123. The Kier molecular flexibility index (Phi) is 4.40. The predicted molar refractivity (Wildman–Crippen MR) is 98.0 cm³/mol. The van der Waals surface area contributed by atoms with Gasteiger partial charge in [-0.25, -0.2) is 0 Å². The highest BCUT2D eigenvalue weighted by Gasteiger charge is 2.21. The fourth-order valence-electron chi connectivity index (χ4n) is 2.29. The molecule has 0 saturated carbocycles. The molecule has 0 bridgehead atoms. The molecule has 0 aliphatic carbocycles. The minimum absolute atomic E-state index is 0.0457. The van der Waals surface area contributed by atoms with E-state index in [9.17, 15) is 4.79 Å². The summed E-state index contributed by atoms with van der Waals surface area (Å²) in [6.07, 6.45) is 0. The van der Waals surface area contributed by atoms with Gasteiger partial charge in [-0.3, -0.25) is 4.79 Å². The second-order valence-corrected chi connectivity index (χ2v) is 7.08. The molecule has 5 heteroatoms. The molecule has 0 aliphatic heterocycles. The zero-order valence-electron chi connectivity index (χ0n) is 14.8. The van der Waals surface area contributed by atoms with Gasteiger partial charge in [0.15, 0.2) is 0 Å². The Hall–Kier alpha value is -2.95. The molecule has 5 nitrogen and oxygen atoms in total. The van der Waals surface area contributed by atoms with Crippen LogP contribution in [0.5, 0.6) is 0 Å². The van der Waals surface area contributed by atoms with Crippen LogP contribution in [0.4, 0.5) is 5.69 Å². The van der Waals surface area contributed by atoms with Gasteiger partial charge in [0.1, 0.15) is 0 Å². The fraction of sp³-hybridized carbons (Fsp3) is 0.250. The zero-order chi connectivity index (χ0) is 18.0. The fourth-order valence-corrected chi connectivity index (χ4v) is 2.29. The zero-order valence-corrected chi connectivity index (χ0v) is 14.8. The first-order valence-electron chi connectivity index (χ1n) is 8.15. The lowest BCUT2D eigenvalue weighted by atomic mass is 9.95. The third kappa shape index (κ3) is 3.94. The lowest BCUT2D eigenvalue weighted by Crippen LogP contribution is -2.27. The van der Waals surface area contributed by atoms with Crippen LogP contribution in [0.3, 0.4) is 0 Å². The number of rotatable bonds is 3. The summed E-state index contributed by atoms with van der Waals surface area (Å²) in [7, 11) is 0. The Morgan fingerprint density at radius 2 is 1.76 bits per heavy atom. The third-order valence-corrected chi connectivity index (χ3v) is 3.75. The normalized spacial score (nSPS) is 11.4. The molecular weight excluding hydrogens is 314 g/mol. The molecule has 1 N–H and O–H groups in total. The van der Waals surface area contributed by atoms with Crippen molar-refractivity contribution in [3.05, 3.63) is 54.1 Å². The molecule has 128 valence electrons. The second kappa shape index (κ2) is 6.51. The van der Waals surface area contributed by atoms with Gasteiger partial charge in [0.2, 0.25) is 11.7 Å². The summed E-state index contributed by atoms with van der Waals surface area (Å²) >= 11 is 0. The van der Waals surface area contributed by atoms with Crippen LogP contribution in [0.1, 0.15) is 26.3 Å². The molecule has 2 aromatic carbocycles. The number of anilines is 1. The third-order valence-electron chi connectivity index (χ3n) is 3.75. The Morgan fingerprint density at radius 3 is 2.48 bits per heavy atom. The number of hydrogen-bond donors (Lipinski definition) is 1. The minimum atomic E-state index is -0.459. The predicted octanol–water partition coefficient (Wildman–Crippen LogP) is 4.70. The van der Waals surface area contributed by atoms with Gasteiger partial charge >= 0.3 is 0 Å². The summed E-state index contributed by atoms with van der Waals surface area (Å²) in [5.41, 5.74) is 3.05. The van der Waals surface area contributed by atoms with Crippen molar-refractivity contribution < 1.29 is 9.32 Å². The van der Waals surface area contributed by atoms with Gasteiger partial charge in [0.25, 0.3) is 5.89 Å². The van der Waals surface area contributed by atoms with Crippen molar-refractivity contribution in [2.75, 3.05) is 5.32 Å². The van der Waals surface area contributed by atoms with E-state index in [1.54, 1.807) is 0 Å². The van der Waals surface area contributed by atoms with E-state index in [0.717, 1.165) is 16.7 Å². The smallest absolute Gasteiger partial charge is 0.258 e. The first-order chi connectivity index (χ1) is 11.8. The number of carbonyl (C=O) groups excluding carboxylic acids is 1. The van der Waals surface area contributed by atoms with Crippen molar-refractivity contribution >= 4 is 11.6 Å². The number of nitrogens with zero attached hydrogens (tertiary/aromatic N) is 2. The SMILES string of the molecule is Cc1cccc(-c2noc(-c3cccc(NC(=O)C(C)(C)C)c3)n2)c1. The standard InChI is InChI=1S/C20H21N3O2/c1-13-7-5-8-14(11-13)17-22-18(25-23-17)15-9-6-10-16(12-15)21-19(24)20(2,3)4/h5-12H,1-4H3,(H,21,24). The summed E-state index contributed by atoms with van der Waals surface area (Å²) in [6, 6.07) is 15.3. The highest BCUT2D eigenvalue weighted by Crippen LogP contribution is 2.25. The van der Waals surface area contributed by atoms with Gasteiger partial charge in [-0.15, -0.1) is 0 Å². The Balaban J connectivity index is 1.86. The van der Waals surface area contributed by atoms with Gasteiger partial charge < -0.3 is 9.84 Å². The number of nitrogens with one attached hydrogen (secondary N) is 1. The van der Waals surface area contributed by atoms with Crippen molar-refractivity contribution in [2.24, 2.45) is 5.41 Å². The van der Waals surface area contributed by atoms with E-state index < -0.39 is 5.41 Å². The van der Waals surface area contributed by atoms with Crippen molar-refractivity contribution in [3.63, 3.8) is 0 Å². The number of benzene rings is 2. The summed E-state index contributed by atoms with van der Waals surface area (Å²) in [5.74, 6) is 0.918. The van der Waals surface area contributed by atoms with Crippen LogP contribution in [0.2, 0.25) is 0 Å². The topological polar surface area (TPSA) is 68.0 Å². The molecule has 1 amide bonds. The highest BCUT2D eigenvalue weighted by atomic mass is 16.5. The van der Waals surface area contributed by atoms with Crippen molar-refractivity contribution in [3.8, 4) is 22.8 Å². The van der Waals surface area contributed by atoms with Gasteiger partial charge in [-0.05, 0) is 31.2 Å². The van der Waals surface area contributed by atoms with Gasteiger partial charge in [-0.1, -0.05) is 55.8 Å². The van der Waals surface area contributed by atoms with Crippen LogP contribution in [0.15, 0.2) is 53.1 Å². The summed E-state index contributed by atoms with van der Waals surface area (Å²) < 4.78 is 5.40. The Labute approximate surface area is 147 Å². The number of hydrogen-bond acceptors (Lipinski definition) is 4. The summed E-state index contributed by atoms with van der Waals surface area (Å²) in [4.78, 5) is 16.6. The maximum Gasteiger partial charge on any atom is 0.258 e. The minimum Gasteiger partial charge on any atom is -0.334 e. The Bertz CT molecular complexity index is 907. The van der Waals surface area contributed by atoms with Gasteiger partial charge in [0, 0.05) is 22.2 Å². The first kappa shape index (κ1) is 16.9. The van der Waals surface area contributed by atoms with Crippen LogP contribution in [-0.2, 0) is 4.79 Å². The van der Waals surface area contributed by atoms with E-state index in [1.807, 2.05) is 76.2 Å². The molecule has 1 aromatic heterocycles. The molecule has 0 saturated heterocycles. The van der Waals surface area contributed by atoms with Gasteiger partial charge in [-0.2, -0.15) is 4.98 Å². The van der Waals surface area contributed by atoms with E-state index in [2.05, 4.69) is 15.5 Å². The monoisotopic (exact) mass is 335 g/mol. The van der Waals surface area contributed by atoms with Crippen LogP contribution >= 0.6 is 0 Å². The maximum atomic E-state index is 12.1. The average molecular weight is 335 g/mol. The number of amides is 1. The highest BCUT2D eigenvalue weighted by molar-refractivity contribution is 5.94. The van der Waals surface area contributed by atoms with Crippen molar-refractivity contribution in [1.29, 1.82) is 0 Å². The molecule has 0 atom stereocenters. The molecule has 0 spiro atoms. The molecule has 3 rings (SSSR count). The van der Waals surface area contributed by atoms with Crippen molar-refractivity contribution in [1.82, 2.24) is 10.1 Å². The van der Waals surface area contributed by atoms with E-state index >= 15 is 0 Å². The first-order valence-corrected chi connectivity index (χ1v) is 8.15. The van der Waals surface area contributed by atoms with E-state index in [4.69, 9.17) is 4.52 Å². The Morgan fingerprint density at radius 1 is 1.04 bits per heavy atom. The molecule has 0 radical (unpaired) electrons. The molecule has 1 heterocycles. The number of aromatic nitrogens is 2. The number of aryl methyl sites for hydroxylation is 1. The quantitative estimate of drug-likeness (QED) is 0.753. The summed E-state index contributed by atoms with van der Waals surface area (Å²) in [6.45, 7) is 7.64. The lowest BCUT2D eigenvalue weighted by Gasteiger charge is -2.17. The molecule has 25 heavy (non-hydrogen) atoms. The molecule has 0 aliphatic rings. The molecule has 0 fully saturated rings. The van der Waals surface area contributed by atoms with Crippen LogP contribution < -0.4 is 5.32 Å². The summed E-state index contributed by atoms with van der Waals surface area (Å²) in [5, 5.41) is 6.97. The van der Waals surface area contributed by atoms with E-state index in [1.165, 1.54) is 0 Å². The maximum absolute atomic E-state index is 12.1. The van der Waals surface area contributed by atoms with Crippen molar-refractivity contribution in [2.45, 2.75) is 27.7 Å². The second-order valence-electron chi connectivity index (χ2n) is 7.08. The van der Waals surface area contributed by atoms with Crippen LogP contribution in [0.25, 0.3) is 22.8 Å². The van der Waals surface area contributed by atoms with E-state index in [0.29, 0.717) is 17.4 Å². The largest absolute Gasteiger partial charge is 0.334 e. The van der Waals surface area contributed by atoms with Crippen LogP contribution in [-0.4, -0.2) is 16.0 Å². The average Bonchev–Trinajstić information content (AvgIpc) is 3.04. The molecule has 3 aromatic rings. The van der Waals surface area contributed by atoms with E-state index in [-0.39, 0.29) is 5.91 Å². The van der Waals surface area contributed by atoms with Crippen LogP contribution in [0, 0.1) is 12.3 Å². The number of carbonyl (C=O) groups is 1. The molecular formula is C20H21N3O2. The molecule has 0 unspecified atom stereocenters.